The van der Waals surface area contributed by atoms with E-state index < -0.39 is 5.56 Å². The Morgan fingerprint density at radius 1 is 1.45 bits per heavy atom. The van der Waals surface area contributed by atoms with E-state index in [0.29, 0.717) is 17.1 Å². The first kappa shape index (κ1) is 13.2. The zero-order valence-electron chi connectivity index (χ0n) is 11.0. The van der Waals surface area contributed by atoms with Crippen molar-refractivity contribution in [2.45, 2.75) is 25.9 Å². The van der Waals surface area contributed by atoms with Crippen LogP contribution in [0.3, 0.4) is 0 Å². The van der Waals surface area contributed by atoms with Gasteiger partial charge in [-0.1, -0.05) is 12.1 Å². The number of fused-ring (bicyclic) bond motifs is 1. The van der Waals surface area contributed by atoms with Crippen molar-refractivity contribution in [3.05, 3.63) is 38.6 Å². The molecular weight excluding hydrogens is 324 g/mol. The first-order chi connectivity index (χ1) is 9.37. The largest absolute Gasteiger partial charge is 0.492 e. The number of ether oxygens (including phenoxy) is 1. The van der Waals surface area contributed by atoms with Gasteiger partial charge in [0.1, 0.15) is 21.6 Å². The fourth-order valence-corrected chi connectivity index (χ4v) is 2.56. The van der Waals surface area contributed by atoms with Crippen LogP contribution in [0.25, 0.3) is 11.4 Å². The average Bonchev–Trinajstić information content (AvgIpc) is 2.68. The highest BCUT2D eigenvalue weighted by atomic mass is 79.9. The van der Waals surface area contributed by atoms with Crippen molar-refractivity contribution >= 4 is 15.9 Å². The second-order valence-electron chi connectivity index (χ2n) is 5.38. The van der Waals surface area contributed by atoms with Gasteiger partial charge in [-0.05, 0) is 41.4 Å². The molecule has 3 rings (SSSR count). The lowest BCUT2D eigenvalue weighted by Gasteiger charge is -2.18. The maximum absolute atomic E-state index is 11.7. The topological polar surface area (TPSA) is 75.2 Å². The second kappa shape index (κ2) is 4.34. The molecule has 0 atom stereocenters. The van der Waals surface area contributed by atoms with E-state index in [2.05, 4.69) is 25.9 Å². The van der Waals surface area contributed by atoms with Crippen molar-refractivity contribution in [2.75, 3.05) is 0 Å². The first-order valence-electron chi connectivity index (χ1n) is 6.17. The number of hydrogen-bond donors (Lipinski definition) is 2. The minimum atomic E-state index is -0.428. The van der Waals surface area contributed by atoms with Crippen LogP contribution < -0.4 is 10.3 Å². The highest BCUT2D eigenvalue weighted by molar-refractivity contribution is 9.10. The van der Waals surface area contributed by atoms with E-state index in [1.165, 1.54) is 0 Å². The molecule has 104 valence electrons. The van der Waals surface area contributed by atoms with Crippen LogP contribution in [0.2, 0.25) is 0 Å². The zero-order valence-corrected chi connectivity index (χ0v) is 12.6. The number of halogens is 1. The fourth-order valence-electron chi connectivity index (χ4n) is 2.38. The summed E-state index contributed by atoms with van der Waals surface area (Å²) in [4.78, 5) is 18.4. The van der Waals surface area contributed by atoms with E-state index in [4.69, 9.17) is 4.74 Å². The van der Waals surface area contributed by atoms with Crippen LogP contribution in [0, 0.1) is 0 Å². The second-order valence-corrected chi connectivity index (χ2v) is 6.18. The summed E-state index contributed by atoms with van der Waals surface area (Å²) in [6, 6.07) is 5.69. The van der Waals surface area contributed by atoms with Gasteiger partial charge in [-0.3, -0.25) is 4.79 Å². The van der Waals surface area contributed by atoms with E-state index in [-0.39, 0.29) is 16.0 Å². The van der Waals surface area contributed by atoms with Crippen LogP contribution in [0.15, 0.2) is 27.5 Å². The third-order valence-corrected chi connectivity index (χ3v) is 3.91. The summed E-state index contributed by atoms with van der Waals surface area (Å²) in [6.45, 7) is 4.01. The standard InChI is InChI=1S/C14H13BrN2O3/c1-14(2)6-7-4-3-5-8(10(7)20-14)11-16-12(18)9(15)13(19)17-11/h3-5H,6H2,1-2H3,(H2,16,17,18,19). The number of nitrogens with zero attached hydrogens (tertiary/aromatic N) is 1. The van der Waals surface area contributed by atoms with E-state index in [9.17, 15) is 9.90 Å². The van der Waals surface area contributed by atoms with Gasteiger partial charge in [0.2, 0.25) is 5.88 Å². The maximum atomic E-state index is 11.7. The molecule has 2 heterocycles. The monoisotopic (exact) mass is 336 g/mol. The first-order valence-corrected chi connectivity index (χ1v) is 6.97. The Bertz CT molecular complexity index is 753. The maximum Gasteiger partial charge on any atom is 0.269 e. The Hall–Kier alpha value is -1.82. The molecule has 20 heavy (non-hydrogen) atoms. The molecule has 6 heteroatoms. The van der Waals surface area contributed by atoms with Gasteiger partial charge >= 0.3 is 0 Å². The van der Waals surface area contributed by atoms with Crippen molar-refractivity contribution in [3.8, 4) is 23.0 Å². The fraction of sp³-hybridized carbons (Fsp3) is 0.286. The Morgan fingerprint density at radius 3 is 2.90 bits per heavy atom. The lowest BCUT2D eigenvalue weighted by atomic mass is 10.0. The minimum Gasteiger partial charge on any atom is -0.492 e. The normalized spacial score (nSPS) is 15.8. The summed E-state index contributed by atoms with van der Waals surface area (Å²) < 4.78 is 5.96. The van der Waals surface area contributed by atoms with Crippen molar-refractivity contribution in [3.63, 3.8) is 0 Å². The van der Waals surface area contributed by atoms with Crippen molar-refractivity contribution in [2.24, 2.45) is 0 Å². The molecule has 2 aromatic rings. The molecule has 0 saturated carbocycles. The van der Waals surface area contributed by atoms with Crippen LogP contribution in [0.5, 0.6) is 11.6 Å². The summed E-state index contributed by atoms with van der Waals surface area (Å²) in [5, 5.41) is 9.67. The third-order valence-electron chi connectivity index (χ3n) is 3.19. The molecule has 1 aliphatic heterocycles. The molecule has 5 nitrogen and oxygen atoms in total. The van der Waals surface area contributed by atoms with Gasteiger partial charge in [0.25, 0.3) is 5.56 Å². The molecule has 0 spiro atoms. The highest BCUT2D eigenvalue weighted by Crippen LogP contribution is 2.41. The molecule has 0 fully saturated rings. The quantitative estimate of drug-likeness (QED) is 0.839. The molecule has 1 aromatic carbocycles. The van der Waals surface area contributed by atoms with Crippen LogP contribution in [-0.2, 0) is 6.42 Å². The van der Waals surface area contributed by atoms with Gasteiger partial charge < -0.3 is 14.8 Å². The number of para-hydroxylation sites is 1. The number of aromatic amines is 1. The van der Waals surface area contributed by atoms with Crippen LogP contribution >= 0.6 is 15.9 Å². The smallest absolute Gasteiger partial charge is 0.269 e. The summed E-state index contributed by atoms with van der Waals surface area (Å²) in [7, 11) is 0. The number of aromatic hydroxyl groups is 1. The predicted octanol–water partition coefficient (Wildman–Crippen LogP) is 2.62. The van der Waals surface area contributed by atoms with E-state index in [1.54, 1.807) is 0 Å². The third kappa shape index (κ3) is 2.10. The lowest BCUT2D eigenvalue weighted by Crippen LogP contribution is -2.24. The van der Waals surface area contributed by atoms with E-state index in [0.717, 1.165) is 12.0 Å². The Labute approximate surface area is 123 Å². The van der Waals surface area contributed by atoms with Gasteiger partial charge in [-0.15, -0.1) is 0 Å². The number of benzene rings is 1. The van der Waals surface area contributed by atoms with Crippen molar-refractivity contribution in [1.82, 2.24) is 9.97 Å². The average molecular weight is 337 g/mol. The summed E-state index contributed by atoms with van der Waals surface area (Å²) >= 11 is 2.98. The Morgan fingerprint density at radius 2 is 2.20 bits per heavy atom. The number of nitrogens with one attached hydrogen (secondary N) is 1. The van der Waals surface area contributed by atoms with Crippen molar-refractivity contribution < 1.29 is 9.84 Å². The minimum absolute atomic E-state index is 0.0232. The molecule has 0 unspecified atom stereocenters. The molecule has 1 aromatic heterocycles. The SMILES string of the molecule is CC1(C)Cc2cccc(-c3nc(O)c(Br)c(=O)[nH]3)c2O1. The van der Waals surface area contributed by atoms with Crippen LogP contribution in [-0.4, -0.2) is 20.7 Å². The van der Waals surface area contributed by atoms with Gasteiger partial charge in [-0.25, -0.2) is 0 Å². The van der Waals surface area contributed by atoms with Crippen LogP contribution in [0.4, 0.5) is 0 Å². The zero-order chi connectivity index (χ0) is 14.5. The molecule has 0 radical (unpaired) electrons. The molecule has 0 aliphatic carbocycles. The highest BCUT2D eigenvalue weighted by Gasteiger charge is 2.32. The number of rotatable bonds is 1. The summed E-state index contributed by atoms with van der Waals surface area (Å²) in [6.07, 6.45) is 0.795. The van der Waals surface area contributed by atoms with Gasteiger partial charge in [0, 0.05) is 6.42 Å². The molecule has 0 saturated heterocycles. The Kier molecular flexibility index (Phi) is 2.86. The van der Waals surface area contributed by atoms with Gasteiger partial charge in [-0.2, -0.15) is 4.98 Å². The van der Waals surface area contributed by atoms with E-state index in [1.807, 2.05) is 32.0 Å². The summed E-state index contributed by atoms with van der Waals surface area (Å²) in [5.74, 6) is 0.672. The predicted molar refractivity (Wildman–Crippen MR) is 78.1 cm³/mol. The van der Waals surface area contributed by atoms with Crippen LogP contribution in [0.1, 0.15) is 19.4 Å². The van der Waals surface area contributed by atoms with Gasteiger partial charge in [0.15, 0.2) is 0 Å². The number of H-pyrrole nitrogens is 1. The Balaban J connectivity index is 2.19. The molecule has 2 N–H and O–H groups in total. The molecule has 0 amide bonds. The molecule has 0 bridgehead atoms. The lowest BCUT2D eigenvalue weighted by molar-refractivity contribution is 0.139. The summed E-state index contributed by atoms with van der Waals surface area (Å²) in [5.41, 5.74) is 1.03. The molecule has 1 aliphatic rings. The van der Waals surface area contributed by atoms with E-state index >= 15 is 0 Å². The van der Waals surface area contributed by atoms with Gasteiger partial charge in [0.05, 0.1) is 5.56 Å². The molecular formula is C14H13BrN2O3. The number of aromatic nitrogens is 2. The van der Waals surface area contributed by atoms with Crippen molar-refractivity contribution in [1.29, 1.82) is 0 Å². The number of hydrogen-bond acceptors (Lipinski definition) is 4.